The van der Waals surface area contributed by atoms with Crippen molar-refractivity contribution in [2.24, 2.45) is 23.0 Å². The van der Waals surface area contributed by atoms with E-state index < -0.39 is 0 Å². The predicted molar refractivity (Wildman–Crippen MR) is 61.7 cm³/mol. The van der Waals surface area contributed by atoms with E-state index in [9.17, 15) is 0 Å². The maximum absolute atomic E-state index is 5.74. The lowest BCUT2D eigenvalue weighted by molar-refractivity contribution is -0.198. The van der Waals surface area contributed by atoms with E-state index in [2.05, 4.69) is 25.7 Å². The fourth-order valence-electron chi connectivity index (χ4n) is 3.04. The summed E-state index contributed by atoms with van der Waals surface area (Å²) in [6.45, 7) is 12.1. The molecule has 2 N–H and O–H groups in total. The van der Waals surface area contributed by atoms with Crippen LogP contribution in [-0.2, 0) is 4.74 Å². The summed E-state index contributed by atoms with van der Waals surface area (Å²) in [6.07, 6.45) is 0. The van der Waals surface area contributed by atoms with Gasteiger partial charge in [-0.3, -0.25) is 4.90 Å². The summed E-state index contributed by atoms with van der Waals surface area (Å²) in [6, 6.07) is 0.522. The molecule has 3 unspecified atom stereocenters. The number of nitrogens with two attached hydrogens (primary N) is 1. The van der Waals surface area contributed by atoms with Crippen LogP contribution in [0.2, 0.25) is 0 Å². The molecule has 0 aromatic heterocycles. The van der Waals surface area contributed by atoms with Gasteiger partial charge in [0.25, 0.3) is 0 Å². The van der Waals surface area contributed by atoms with Crippen molar-refractivity contribution in [3.63, 3.8) is 0 Å². The first-order valence-corrected chi connectivity index (χ1v) is 6.12. The molecule has 2 rings (SSSR count). The molecule has 2 heterocycles. The van der Waals surface area contributed by atoms with Crippen LogP contribution < -0.4 is 5.73 Å². The molecule has 1 spiro atoms. The average molecular weight is 212 g/mol. The summed E-state index contributed by atoms with van der Waals surface area (Å²) in [7, 11) is 0. The largest absolute Gasteiger partial charge is 0.380 e. The van der Waals surface area contributed by atoms with Gasteiger partial charge in [0.15, 0.2) is 0 Å². The molecule has 0 amide bonds. The Bertz CT molecular complexity index is 214. The summed E-state index contributed by atoms with van der Waals surface area (Å²) in [5.41, 5.74) is 6.22. The number of nitrogens with zero attached hydrogens (tertiary/aromatic N) is 1. The van der Waals surface area contributed by atoms with Crippen LogP contribution in [-0.4, -0.2) is 43.8 Å². The van der Waals surface area contributed by atoms with Gasteiger partial charge in [0.2, 0.25) is 0 Å². The zero-order valence-corrected chi connectivity index (χ0v) is 10.2. The second kappa shape index (κ2) is 4.04. The quantitative estimate of drug-likeness (QED) is 0.740. The minimum Gasteiger partial charge on any atom is -0.380 e. The zero-order valence-electron chi connectivity index (χ0n) is 10.2. The van der Waals surface area contributed by atoms with E-state index in [1.165, 1.54) is 13.1 Å². The van der Waals surface area contributed by atoms with Crippen LogP contribution in [0.1, 0.15) is 20.8 Å². The number of likely N-dealkylation sites (tertiary alicyclic amines) is 1. The van der Waals surface area contributed by atoms with Gasteiger partial charge in [-0.2, -0.15) is 0 Å². The fraction of sp³-hybridized carbons (Fsp3) is 1.00. The molecular formula is C12H24N2O. The van der Waals surface area contributed by atoms with Gasteiger partial charge >= 0.3 is 0 Å². The first-order chi connectivity index (χ1) is 7.10. The van der Waals surface area contributed by atoms with Crippen LogP contribution in [0.5, 0.6) is 0 Å². The van der Waals surface area contributed by atoms with Crippen molar-refractivity contribution < 1.29 is 4.74 Å². The Morgan fingerprint density at radius 1 is 1.33 bits per heavy atom. The summed E-state index contributed by atoms with van der Waals surface area (Å²) < 4.78 is 5.44. The van der Waals surface area contributed by atoms with E-state index in [0.717, 1.165) is 31.6 Å². The van der Waals surface area contributed by atoms with Crippen LogP contribution in [0.25, 0.3) is 0 Å². The standard InChI is InChI=1S/C12H24N2O/c1-9-5-14(11(3)4-13)6-10(2)12(9)7-15-8-12/h9-11H,4-8,13H2,1-3H3. The molecule has 88 valence electrons. The number of rotatable bonds is 2. The molecule has 0 radical (unpaired) electrons. The zero-order chi connectivity index (χ0) is 11.1. The Labute approximate surface area is 93.0 Å². The SMILES string of the molecule is CC(CN)N1CC(C)C2(COC2)C(C)C1. The molecule has 0 aromatic carbocycles. The molecule has 0 saturated carbocycles. The molecule has 3 atom stereocenters. The minimum atomic E-state index is 0.477. The maximum Gasteiger partial charge on any atom is 0.0550 e. The van der Waals surface area contributed by atoms with Gasteiger partial charge in [-0.15, -0.1) is 0 Å². The molecule has 2 aliphatic heterocycles. The fourth-order valence-corrected chi connectivity index (χ4v) is 3.04. The molecule has 0 bridgehead atoms. The first-order valence-electron chi connectivity index (χ1n) is 6.12. The lowest BCUT2D eigenvalue weighted by Gasteiger charge is -2.56. The molecule has 3 nitrogen and oxygen atoms in total. The summed E-state index contributed by atoms with van der Waals surface area (Å²) in [4.78, 5) is 2.54. The van der Waals surface area contributed by atoms with Gasteiger partial charge in [-0.25, -0.2) is 0 Å². The number of ether oxygens (including phenoxy) is 1. The van der Waals surface area contributed by atoms with E-state index in [1.807, 2.05) is 0 Å². The third-order valence-electron chi connectivity index (χ3n) is 4.69. The van der Waals surface area contributed by atoms with Crippen molar-refractivity contribution in [1.82, 2.24) is 4.90 Å². The van der Waals surface area contributed by atoms with E-state index in [0.29, 0.717) is 11.5 Å². The Balaban J connectivity index is 2.03. The van der Waals surface area contributed by atoms with Gasteiger partial charge in [0.05, 0.1) is 13.2 Å². The van der Waals surface area contributed by atoms with Crippen LogP contribution in [0.15, 0.2) is 0 Å². The van der Waals surface area contributed by atoms with Gasteiger partial charge in [-0.1, -0.05) is 13.8 Å². The Morgan fingerprint density at radius 3 is 2.20 bits per heavy atom. The third-order valence-corrected chi connectivity index (χ3v) is 4.69. The second-order valence-electron chi connectivity index (χ2n) is 5.57. The lowest BCUT2D eigenvalue weighted by Crippen LogP contribution is -2.62. The Hall–Kier alpha value is -0.120. The summed E-state index contributed by atoms with van der Waals surface area (Å²) in [5, 5.41) is 0. The Morgan fingerprint density at radius 2 is 1.87 bits per heavy atom. The summed E-state index contributed by atoms with van der Waals surface area (Å²) in [5.74, 6) is 1.48. The highest BCUT2D eigenvalue weighted by molar-refractivity contribution is 5.00. The van der Waals surface area contributed by atoms with Crippen molar-refractivity contribution in [1.29, 1.82) is 0 Å². The number of hydrogen-bond acceptors (Lipinski definition) is 3. The highest BCUT2D eigenvalue weighted by Gasteiger charge is 2.51. The molecule has 0 aliphatic carbocycles. The van der Waals surface area contributed by atoms with E-state index >= 15 is 0 Å². The first kappa shape index (κ1) is 11.4. The minimum absolute atomic E-state index is 0.477. The van der Waals surface area contributed by atoms with Crippen molar-refractivity contribution in [3.8, 4) is 0 Å². The highest BCUT2D eigenvalue weighted by Crippen LogP contribution is 2.46. The van der Waals surface area contributed by atoms with Crippen LogP contribution in [0.4, 0.5) is 0 Å². The monoisotopic (exact) mass is 212 g/mol. The molecule has 2 aliphatic rings. The summed E-state index contributed by atoms with van der Waals surface area (Å²) >= 11 is 0. The molecular weight excluding hydrogens is 188 g/mol. The highest BCUT2D eigenvalue weighted by atomic mass is 16.5. The van der Waals surface area contributed by atoms with Crippen molar-refractivity contribution in [3.05, 3.63) is 0 Å². The van der Waals surface area contributed by atoms with Crippen molar-refractivity contribution in [2.45, 2.75) is 26.8 Å². The van der Waals surface area contributed by atoms with E-state index in [1.54, 1.807) is 0 Å². The van der Waals surface area contributed by atoms with Crippen molar-refractivity contribution >= 4 is 0 Å². The molecule has 15 heavy (non-hydrogen) atoms. The second-order valence-corrected chi connectivity index (χ2v) is 5.57. The Kier molecular flexibility index (Phi) is 3.06. The molecule has 2 fully saturated rings. The van der Waals surface area contributed by atoms with Crippen LogP contribution >= 0.6 is 0 Å². The third kappa shape index (κ3) is 1.71. The number of hydrogen-bond donors (Lipinski definition) is 1. The van der Waals surface area contributed by atoms with E-state index in [-0.39, 0.29) is 0 Å². The van der Waals surface area contributed by atoms with Gasteiger partial charge < -0.3 is 10.5 Å². The topological polar surface area (TPSA) is 38.5 Å². The normalized spacial score (nSPS) is 37.6. The average Bonchev–Trinajstić information content (AvgIpc) is 2.13. The predicted octanol–water partition coefficient (Wildman–Crippen LogP) is 0.938. The lowest BCUT2D eigenvalue weighted by atomic mass is 9.63. The molecule has 3 heteroatoms. The van der Waals surface area contributed by atoms with Crippen LogP contribution in [0, 0.1) is 17.3 Å². The number of piperidine rings is 1. The van der Waals surface area contributed by atoms with Crippen LogP contribution in [0.3, 0.4) is 0 Å². The van der Waals surface area contributed by atoms with E-state index in [4.69, 9.17) is 10.5 Å². The van der Waals surface area contributed by atoms with Gasteiger partial charge in [-0.05, 0) is 18.8 Å². The van der Waals surface area contributed by atoms with Crippen molar-refractivity contribution in [2.75, 3.05) is 32.8 Å². The maximum atomic E-state index is 5.74. The molecule has 0 aromatic rings. The van der Waals surface area contributed by atoms with Gasteiger partial charge in [0.1, 0.15) is 0 Å². The smallest absolute Gasteiger partial charge is 0.0550 e. The molecule has 2 saturated heterocycles. The van der Waals surface area contributed by atoms with Gasteiger partial charge in [0, 0.05) is 31.1 Å².